The molecule has 0 radical (unpaired) electrons. The molecule has 1 aromatic carbocycles. The van der Waals surface area contributed by atoms with Crippen molar-refractivity contribution in [3.63, 3.8) is 0 Å². The lowest BCUT2D eigenvalue weighted by atomic mass is 10.1. The predicted molar refractivity (Wildman–Crippen MR) is 62.4 cm³/mol. The minimum Gasteiger partial charge on any atom is -0.441 e. The molecular formula is C12H12ClNO2. The maximum absolute atomic E-state index is 5.83. The van der Waals surface area contributed by atoms with Gasteiger partial charge in [-0.2, -0.15) is 0 Å². The van der Waals surface area contributed by atoms with Gasteiger partial charge >= 0.3 is 0 Å². The normalized spacial score (nSPS) is 10.7. The van der Waals surface area contributed by atoms with Crippen LogP contribution in [0.2, 0.25) is 5.02 Å². The van der Waals surface area contributed by atoms with Crippen molar-refractivity contribution in [1.82, 2.24) is 4.98 Å². The van der Waals surface area contributed by atoms with Crippen LogP contribution in [0.25, 0.3) is 11.3 Å². The summed E-state index contributed by atoms with van der Waals surface area (Å²) in [6, 6.07) is 7.46. The Labute approximate surface area is 99.0 Å². The summed E-state index contributed by atoms with van der Waals surface area (Å²) in [5.41, 5.74) is 1.76. The van der Waals surface area contributed by atoms with Crippen LogP contribution < -0.4 is 0 Å². The Kier molecular flexibility index (Phi) is 3.27. The van der Waals surface area contributed by atoms with Crippen molar-refractivity contribution < 1.29 is 9.15 Å². The van der Waals surface area contributed by atoms with Gasteiger partial charge in [-0.1, -0.05) is 11.6 Å². The third-order valence-corrected chi connectivity index (χ3v) is 2.44. The fourth-order valence-electron chi connectivity index (χ4n) is 1.53. The molecule has 4 heteroatoms. The van der Waals surface area contributed by atoms with Gasteiger partial charge < -0.3 is 9.15 Å². The maximum Gasteiger partial charge on any atom is 0.192 e. The number of aromatic nitrogens is 1. The highest BCUT2D eigenvalue weighted by molar-refractivity contribution is 6.30. The number of benzene rings is 1. The Morgan fingerprint density at radius 1 is 1.31 bits per heavy atom. The van der Waals surface area contributed by atoms with Crippen LogP contribution >= 0.6 is 11.6 Å². The number of ether oxygens (including phenoxy) is 1. The van der Waals surface area contributed by atoms with Crippen LogP contribution in [0.1, 0.15) is 11.6 Å². The maximum atomic E-state index is 5.83. The lowest BCUT2D eigenvalue weighted by Crippen LogP contribution is -1.90. The molecule has 2 aromatic rings. The topological polar surface area (TPSA) is 35.3 Å². The SMILES string of the molecule is COCc1nc(C)oc1-c1ccc(Cl)cc1. The largest absolute Gasteiger partial charge is 0.441 e. The number of hydrogen-bond acceptors (Lipinski definition) is 3. The number of oxazole rings is 1. The van der Waals surface area contributed by atoms with Gasteiger partial charge in [0.1, 0.15) is 5.69 Å². The fraction of sp³-hybridized carbons (Fsp3) is 0.250. The van der Waals surface area contributed by atoms with Gasteiger partial charge in [-0.3, -0.25) is 0 Å². The predicted octanol–water partition coefficient (Wildman–Crippen LogP) is 3.45. The van der Waals surface area contributed by atoms with Crippen LogP contribution in [-0.2, 0) is 11.3 Å². The fourth-order valence-corrected chi connectivity index (χ4v) is 1.66. The van der Waals surface area contributed by atoms with Crippen LogP contribution in [0.4, 0.5) is 0 Å². The van der Waals surface area contributed by atoms with Gasteiger partial charge in [-0.25, -0.2) is 4.98 Å². The van der Waals surface area contributed by atoms with Crippen molar-refractivity contribution >= 4 is 11.6 Å². The van der Waals surface area contributed by atoms with Crippen molar-refractivity contribution in [3.8, 4) is 11.3 Å². The standard InChI is InChI=1S/C12H12ClNO2/c1-8-14-11(7-15-2)12(16-8)9-3-5-10(13)6-4-9/h3-6H,7H2,1-2H3. The molecule has 0 aliphatic carbocycles. The average molecular weight is 238 g/mol. The van der Waals surface area contributed by atoms with Gasteiger partial charge in [0, 0.05) is 24.6 Å². The first-order valence-electron chi connectivity index (χ1n) is 4.92. The highest BCUT2D eigenvalue weighted by atomic mass is 35.5. The molecule has 16 heavy (non-hydrogen) atoms. The number of hydrogen-bond donors (Lipinski definition) is 0. The van der Waals surface area contributed by atoms with E-state index in [9.17, 15) is 0 Å². The van der Waals surface area contributed by atoms with Gasteiger partial charge in [0.15, 0.2) is 11.7 Å². The molecule has 0 fully saturated rings. The number of halogens is 1. The molecule has 0 N–H and O–H groups in total. The summed E-state index contributed by atoms with van der Waals surface area (Å²) in [6.07, 6.45) is 0. The zero-order valence-corrected chi connectivity index (χ0v) is 9.91. The van der Waals surface area contributed by atoms with E-state index in [1.54, 1.807) is 7.11 Å². The Balaban J connectivity index is 2.42. The van der Waals surface area contributed by atoms with Gasteiger partial charge in [-0.05, 0) is 24.3 Å². The molecule has 0 unspecified atom stereocenters. The van der Waals surface area contributed by atoms with Crippen molar-refractivity contribution in [1.29, 1.82) is 0 Å². The zero-order chi connectivity index (χ0) is 11.5. The molecule has 0 amide bonds. The van der Waals surface area contributed by atoms with Crippen molar-refractivity contribution in [2.75, 3.05) is 7.11 Å². The van der Waals surface area contributed by atoms with Crippen LogP contribution in [0.3, 0.4) is 0 Å². The molecule has 0 saturated heterocycles. The summed E-state index contributed by atoms with van der Waals surface area (Å²) in [7, 11) is 1.63. The van der Waals surface area contributed by atoms with Crippen LogP contribution in [-0.4, -0.2) is 12.1 Å². The second-order valence-corrected chi connectivity index (χ2v) is 3.89. The Morgan fingerprint density at radius 3 is 2.62 bits per heavy atom. The molecule has 1 heterocycles. The van der Waals surface area contributed by atoms with E-state index in [4.69, 9.17) is 20.8 Å². The Morgan fingerprint density at radius 2 is 2.00 bits per heavy atom. The highest BCUT2D eigenvalue weighted by Crippen LogP contribution is 2.26. The monoisotopic (exact) mass is 237 g/mol. The van der Waals surface area contributed by atoms with E-state index in [-0.39, 0.29) is 0 Å². The molecule has 0 bridgehead atoms. The quantitative estimate of drug-likeness (QED) is 0.820. The lowest BCUT2D eigenvalue weighted by molar-refractivity contribution is 0.182. The second kappa shape index (κ2) is 4.68. The van der Waals surface area contributed by atoms with Crippen LogP contribution in [0.5, 0.6) is 0 Å². The first-order valence-corrected chi connectivity index (χ1v) is 5.29. The summed E-state index contributed by atoms with van der Waals surface area (Å²) >= 11 is 5.83. The van der Waals surface area contributed by atoms with E-state index in [0.29, 0.717) is 17.5 Å². The third-order valence-electron chi connectivity index (χ3n) is 2.19. The minimum atomic E-state index is 0.440. The number of methoxy groups -OCH3 is 1. The molecule has 3 nitrogen and oxygen atoms in total. The van der Waals surface area contributed by atoms with Crippen molar-refractivity contribution in [2.45, 2.75) is 13.5 Å². The summed E-state index contributed by atoms with van der Waals surface area (Å²) in [4.78, 5) is 4.27. The first-order chi connectivity index (χ1) is 7.70. The molecule has 0 saturated carbocycles. The summed E-state index contributed by atoms with van der Waals surface area (Å²) in [5.74, 6) is 1.38. The summed E-state index contributed by atoms with van der Waals surface area (Å²) in [5, 5.41) is 0.702. The van der Waals surface area contributed by atoms with E-state index in [1.807, 2.05) is 31.2 Å². The molecule has 0 spiro atoms. The number of aryl methyl sites for hydroxylation is 1. The molecular weight excluding hydrogens is 226 g/mol. The van der Waals surface area contributed by atoms with Gasteiger partial charge in [0.2, 0.25) is 0 Å². The van der Waals surface area contributed by atoms with E-state index in [1.165, 1.54) is 0 Å². The third kappa shape index (κ3) is 2.26. The van der Waals surface area contributed by atoms with Gasteiger partial charge in [0.05, 0.1) is 6.61 Å². The van der Waals surface area contributed by atoms with Gasteiger partial charge in [-0.15, -0.1) is 0 Å². The lowest BCUT2D eigenvalue weighted by Gasteiger charge is -2.00. The Hall–Kier alpha value is -1.32. The molecule has 1 aromatic heterocycles. The van der Waals surface area contributed by atoms with E-state index < -0.39 is 0 Å². The summed E-state index contributed by atoms with van der Waals surface area (Å²) in [6.45, 7) is 2.26. The van der Waals surface area contributed by atoms with Crippen LogP contribution in [0, 0.1) is 6.92 Å². The van der Waals surface area contributed by atoms with Crippen molar-refractivity contribution in [3.05, 3.63) is 40.9 Å². The van der Waals surface area contributed by atoms with E-state index >= 15 is 0 Å². The van der Waals surface area contributed by atoms with Crippen molar-refractivity contribution in [2.24, 2.45) is 0 Å². The van der Waals surface area contributed by atoms with E-state index in [2.05, 4.69) is 4.98 Å². The Bertz CT molecular complexity index is 476. The van der Waals surface area contributed by atoms with E-state index in [0.717, 1.165) is 17.0 Å². The highest BCUT2D eigenvalue weighted by Gasteiger charge is 2.12. The molecule has 0 atom stereocenters. The first kappa shape index (κ1) is 11.2. The average Bonchev–Trinajstić information content (AvgIpc) is 2.61. The van der Waals surface area contributed by atoms with Crippen LogP contribution in [0.15, 0.2) is 28.7 Å². The van der Waals surface area contributed by atoms with Gasteiger partial charge in [0.25, 0.3) is 0 Å². The molecule has 0 aliphatic rings. The summed E-state index contributed by atoms with van der Waals surface area (Å²) < 4.78 is 10.6. The molecule has 0 aliphatic heterocycles. The number of rotatable bonds is 3. The second-order valence-electron chi connectivity index (χ2n) is 3.45. The zero-order valence-electron chi connectivity index (χ0n) is 9.16. The minimum absolute atomic E-state index is 0.440. The molecule has 2 rings (SSSR count). The number of nitrogens with zero attached hydrogens (tertiary/aromatic N) is 1. The molecule has 84 valence electrons. The smallest absolute Gasteiger partial charge is 0.192 e.